The first kappa shape index (κ1) is 15.5. The second kappa shape index (κ2) is 7.80. The van der Waals surface area contributed by atoms with Gasteiger partial charge in [0.05, 0.1) is 0 Å². The lowest BCUT2D eigenvalue weighted by Crippen LogP contribution is -2.28. The monoisotopic (exact) mass is 312 g/mol. The number of nitrogen functional groups attached to an aromatic ring is 1. The van der Waals surface area contributed by atoms with Crippen molar-refractivity contribution in [3.05, 3.63) is 28.2 Å². The second-order valence-corrected chi connectivity index (χ2v) is 5.72. The summed E-state index contributed by atoms with van der Waals surface area (Å²) in [6.07, 6.45) is 2.52. The summed E-state index contributed by atoms with van der Waals surface area (Å²) in [5, 5.41) is 0. The molecule has 1 aromatic rings. The van der Waals surface area contributed by atoms with Gasteiger partial charge >= 0.3 is 0 Å². The summed E-state index contributed by atoms with van der Waals surface area (Å²) in [7, 11) is 0. The van der Waals surface area contributed by atoms with E-state index in [1.54, 1.807) is 0 Å². The van der Waals surface area contributed by atoms with E-state index in [1.165, 1.54) is 24.9 Å². The minimum absolute atomic E-state index is 0.803. The van der Waals surface area contributed by atoms with Gasteiger partial charge in [-0.05, 0) is 30.2 Å². The highest BCUT2D eigenvalue weighted by atomic mass is 79.9. The molecule has 2 nitrogen and oxygen atoms in total. The third-order valence-electron chi connectivity index (χ3n) is 3.59. The van der Waals surface area contributed by atoms with Gasteiger partial charge in [0.2, 0.25) is 0 Å². The van der Waals surface area contributed by atoms with E-state index in [0.29, 0.717) is 0 Å². The van der Waals surface area contributed by atoms with E-state index in [-0.39, 0.29) is 0 Å². The maximum absolute atomic E-state index is 5.77. The predicted molar refractivity (Wildman–Crippen MR) is 83.6 cm³/mol. The molecule has 1 rings (SSSR count). The molecule has 0 spiro atoms. The number of hydrogen-bond acceptors (Lipinski definition) is 2. The summed E-state index contributed by atoms with van der Waals surface area (Å²) >= 11 is 3.60. The van der Waals surface area contributed by atoms with Gasteiger partial charge in [-0.2, -0.15) is 0 Å². The number of benzene rings is 1. The van der Waals surface area contributed by atoms with Crippen LogP contribution in [0.25, 0.3) is 0 Å². The first-order valence-corrected chi connectivity index (χ1v) is 7.66. The zero-order chi connectivity index (χ0) is 13.5. The topological polar surface area (TPSA) is 29.3 Å². The molecular formula is C15H25BrN2. The Hall–Kier alpha value is -0.540. The quantitative estimate of drug-likeness (QED) is 0.761. The van der Waals surface area contributed by atoms with Crippen molar-refractivity contribution in [2.75, 3.05) is 18.8 Å². The van der Waals surface area contributed by atoms with Crippen molar-refractivity contribution in [1.29, 1.82) is 0 Å². The summed E-state index contributed by atoms with van der Waals surface area (Å²) in [4.78, 5) is 2.51. The molecule has 3 heteroatoms. The van der Waals surface area contributed by atoms with Crippen molar-refractivity contribution in [2.24, 2.45) is 5.92 Å². The number of nitrogens with two attached hydrogens (primary N) is 1. The molecule has 102 valence electrons. The van der Waals surface area contributed by atoms with Crippen molar-refractivity contribution < 1.29 is 0 Å². The Morgan fingerprint density at radius 1 is 1.22 bits per heavy atom. The summed E-state index contributed by atoms with van der Waals surface area (Å²) in [6, 6.07) is 6.08. The van der Waals surface area contributed by atoms with Crippen molar-refractivity contribution in [3.8, 4) is 0 Å². The van der Waals surface area contributed by atoms with Crippen LogP contribution in [0.15, 0.2) is 22.7 Å². The minimum Gasteiger partial charge on any atom is -0.399 e. The molecule has 0 aliphatic rings. The molecule has 0 aliphatic heterocycles. The molecule has 0 aliphatic carbocycles. The number of anilines is 1. The van der Waals surface area contributed by atoms with Crippen LogP contribution in [0, 0.1) is 5.92 Å². The average Bonchev–Trinajstić information content (AvgIpc) is 2.37. The van der Waals surface area contributed by atoms with Gasteiger partial charge in [0, 0.05) is 23.2 Å². The summed E-state index contributed by atoms with van der Waals surface area (Å²) < 4.78 is 1.12. The molecule has 0 fully saturated rings. The van der Waals surface area contributed by atoms with Crippen LogP contribution < -0.4 is 5.73 Å². The smallest absolute Gasteiger partial charge is 0.0325 e. The molecule has 0 atom stereocenters. The highest BCUT2D eigenvalue weighted by Gasteiger charge is 2.11. The molecule has 0 aromatic heterocycles. The standard InChI is InChI=1S/C15H25BrN2/c1-4-12(5-2)10-18(6-3)11-13-7-8-14(17)9-15(13)16/h7-9,12H,4-6,10-11,17H2,1-3H3. The molecule has 0 amide bonds. The molecule has 0 saturated heterocycles. The second-order valence-electron chi connectivity index (χ2n) is 4.86. The zero-order valence-electron chi connectivity index (χ0n) is 11.7. The molecule has 1 aromatic carbocycles. The molecule has 0 bridgehead atoms. The Labute approximate surface area is 120 Å². The lowest BCUT2D eigenvalue weighted by Gasteiger charge is -2.25. The van der Waals surface area contributed by atoms with Crippen molar-refractivity contribution in [1.82, 2.24) is 4.90 Å². The lowest BCUT2D eigenvalue weighted by molar-refractivity contribution is 0.226. The third-order valence-corrected chi connectivity index (χ3v) is 4.33. The summed E-state index contributed by atoms with van der Waals surface area (Å²) in [6.45, 7) is 10.1. The maximum Gasteiger partial charge on any atom is 0.0325 e. The number of rotatable bonds is 7. The van der Waals surface area contributed by atoms with Crippen molar-refractivity contribution in [3.63, 3.8) is 0 Å². The molecule has 0 radical (unpaired) electrons. The summed E-state index contributed by atoms with van der Waals surface area (Å²) in [5.74, 6) is 0.803. The van der Waals surface area contributed by atoms with Gasteiger partial charge in [0.25, 0.3) is 0 Å². The predicted octanol–water partition coefficient (Wildman–Crippen LogP) is 4.29. The Morgan fingerprint density at radius 2 is 1.89 bits per heavy atom. The first-order chi connectivity index (χ1) is 8.60. The van der Waals surface area contributed by atoms with E-state index < -0.39 is 0 Å². The molecule has 2 N–H and O–H groups in total. The largest absolute Gasteiger partial charge is 0.399 e. The van der Waals surface area contributed by atoms with Crippen LogP contribution in [0.5, 0.6) is 0 Å². The summed E-state index contributed by atoms with van der Waals surface area (Å²) in [5.41, 5.74) is 7.90. The van der Waals surface area contributed by atoms with Crippen molar-refractivity contribution in [2.45, 2.75) is 40.2 Å². The van der Waals surface area contributed by atoms with Crippen LogP contribution in [-0.4, -0.2) is 18.0 Å². The Kier molecular flexibility index (Phi) is 6.72. The minimum atomic E-state index is 0.803. The molecule has 0 heterocycles. The van der Waals surface area contributed by atoms with Crippen molar-refractivity contribution >= 4 is 21.6 Å². The van der Waals surface area contributed by atoms with Gasteiger partial charge in [-0.25, -0.2) is 0 Å². The molecular weight excluding hydrogens is 288 g/mol. The SMILES string of the molecule is CCC(CC)CN(CC)Cc1ccc(N)cc1Br. The third kappa shape index (κ3) is 4.62. The van der Waals surface area contributed by atoms with Gasteiger partial charge in [-0.1, -0.05) is 55.6 Å². The fourth-order valence-electron chi connectivity index (χ4n) is 2.15. The van der Waals surface area contributed by atoms with E-state index in [0.717, 1.165) is 29.2 Å². The zero-order valence-corrected chi connectivity index (χ0v) is 13.3. The Bertz CT molecular complexity index is 362. The number of hydrogen-bond donors (Lipinski definition) is 1. The maximum atomic E-state index is 5.77. The van der Waals surface area contributed by atoms with Crippen LogP contribution in [0.4, 0.5) is 5.69 Å². The highest BCUT2D eigenvalue weighted by Crippen LogP contribution is 2.22. The molecule has 0 unspecified atom stereocenters. The normalized spacial score (nSPS) is 11.4. The van der Waals surface area contributed by atoms with Crippen LogP contribution in [0.3, 0.4) is 0 Å². The van der Waals surface area contributed by atoms with Crippen LogP contribution in [0.2, 0.25) is 0 Å². The first-order valence-electron chi connectivity index (χ1n) is 6.86. The van der Waals surface area contributed by atoms with E-state index in [9.17, 15) is 0 Å². The molecule has 18 heavy (non-hydrogen) atoms. The van der Waals surface area contributed by atoms with Gasteiger partial charge < -0.3 is 5.73 Å². The highest BCUT2D eigenvalue weighted by molar-refractivity contribution is 9.10. The van der Waals surface area contributed by atoms with E-state index in [2.05, 4.69) is 47.7 Å². The average molecular weight is 313 g/mol. The van der Waals surface area contributed by atoms with Gasteiger partial charge in [-0.3, -0.25) is 4.90 Å². The van der Waals surface area contributed by atoms with E-state index in [1.807, 2.05) is 12.1 Å². The van der Waals surface area contributed by atoms with Crippen LogP contribution >= 0.6 is 15.9 Å². The Balaban J connectivity index is 2.67. The lowest BCUT2D eigenvalue weighted by atomic mass is 10.0. The fraction of sp³-hybridized carbons (Fsp3) is 0.600. The number of nitrogens with zero attached hydrogens (tertiary/aromatic N) is 1. The van der Waals surface area contributed by atoms with Gasteiger partial charge in [0.15, 0.2) is 0 Å². The molecule has 0 saturated carbocycles. The van der Waals surface area contributed by atoms with E-state index >= 15 is 0 Å². The number of halogens is 1. The van der Waals surface area contributed by atoms with Gasteiger partial charge in [-0.15, -0.1) is 0 Å². The van der Waals surface area contributed by atoms with Gasteiger partial charge in [0.1, 0.15) is 0 Å². The van der Waals surface area contributed by atoms with Crippen LogP contribution in [-0.2, 0) is 6.54 Å². The van der Waals surface area contributed by atoms with E-state index in [4.69, 9.17) is 5.73 Å². The fourth-order valence-corrected chi connectivity index (χ4v) is 2.67. The van der Waals surface area contributed by atoms with Crippen LogP contribution in [0.1, 0.15) is 39.2 Å². The Morgan fingerprint density at radius 3 is 2.39 bits per heavy atom.